The topological polar surface area (TPSA) is 82.3 Å². The smallest absolute Gasteiger partial charge is 0.243 e. The molecule has 1 aliphatic rings. The lowest BCUT2D eigenvalue weighted by Crippen LogP contribution is -2.35. The highest BCUT2D eigenvalue weighted by Crippen LogP contribution is 2.31. The monoisotopic (exact) mass is 439 g/mol. The third kappa shape index (κ3) is 4.12. The van der Waals surface area contributed by atoms with E-state index in [4.69, 9.17) is 0 Å². The first-order valence-electron chi connectivity index (χ1n) is 10.6. The predicted octanol–water partition coefficient (Wildman–Crippen LogP) is 4.23. The van der Waals surface area contributed by atoms with E-state index in [9.17, 15) is 13.2 Å². The third-order valence-electron chi connectivity index (χ3n) is 6.09. The fraction of sp³-hybridized carbons (Fsp3) is 0.375. The number of nitrogens with zero attached hydrogens (tertiary/aromatic N) is 1. The number of amides is 1. The minimum absolute atomic E-state index is 0.213. The summed E-state index contributed by atoms with van der Waals surface area (Å²) in [6.07, 6.45) is 4.24. The van der Waals surface area contributed by atoms with E-state index < -0.39 is 10.0 Å². The first-order valence-corrected chi connectivity index (χ1v) is 12.1. The van der Waals surface area contributed by atoms with Gasteiger partial charge in [-0.15, -0.1) is 0 Å². The molecule has 31 heavy (non-hydrogen) atoms. The minimum atomic E-state index is -3.79. The van der Waals surface area contributed by atoms with Gasteiger partial charge in [0.2, 0.25) is 15.9 Å². The second-order valence-electron chi connectivity index (χ2n) is 8.58. The van der Waals surface area contributed by atoms with Crippen molar-refractivity contribution in [1.82, 2.24) is 9.29 Å². The molecule has 0 saturated carbocycles. The van der Waals surface area contributed by atoms with Crippen molar-refractivity contribution >= 4 is 32.5 Å². The third-order valence-corrected chi connectivity index (χ3v) is 7.88. The lowest BCUT2D eigenvalue weighted by Gasteiger charge is -2.18. The Kier molecular flexibility index (Phi) is 5.66. The number of aromatic nitrogens is 1. The lowest BCUT2D eigenvalue weighted by atomic mass is 9.96. The van der Waals surface area contributed by atoms with Gasteiger partial charge < -0.3 is 10.3 Å². The van der Waals surface area contributed by atoms with Crippen molar-refractivity contribution < 1.29 is 13.2 Å². The number of rotatable bonds is 5. The summed E-state index contributed by atoms with van der Waals surface area (Å²) in [5, 5.41) is 3.85. The Morgan fingerprint density at radius 1 is 1.06 bits per heavy atom. The van der Waals surface area contributed by atoms with Crippen molar-refractivity contribution in [1.29, 1.82) is 0 Å². The predicted molar refractivity (Wildman–Crippen MR) is 124 cm³/mol. The number of carbonyl (C=O) groups is 1. The van der Waals surface area contributed by atoms with Gasteiger partial charge in [-0.2, -0.15) is 4.31 Å². The number of sulfonamides is 1. The largest absolute Gasteiger partial charge is 0.358 e. The minimum Gasteiger partial charge on any atom is -0.358 e. The second-order valence-corrected chi connectivity index (χ2v) is 10.6. The van der Waals surface area contributed by atoms with Gasteiger partial charge >= 0.3 is 0 Å². The zero-order valence-electron chi connectivity index (χ0n) is 18.5. The number of aryl methyl sites for hydroxylation is 5. The summed E-state index contributed by atoms with van der Waals surface area (Å²) < 4.78 is 27.4. The number of benzene rings is 2. The summed E-state index contributed by atoms with van der Waals surface area (Å²) in [5.74, 6) is -0.360. The fourth-order valence-electron chi connectivity index (χ4n) is 4.57. The molecule has 2 N–H and O–H groups in total. The van der Waals surface area contributed by atoms with Crippen LogP contribution >= 0.6 is 0 Å². The Bertz CT molecular complexity index is 1250. The van der Waals surface area contributed by atoms with Crippen LogP contribution in [0.3, 0.4) is 0 Å². The maximum absolute atomic E-state index is 13.2. The van der Waals surface area contributed by atoms with Gasteiger partial charge in [0.15, 0.2) is 0 Å². The highest BCUT2D eigenvalue weighted by Gasteiger charge is 2.25. The molecule has 0 aliphatic heterocycles. The Labute approximate surface area is 183 Å². The molecular weight excluding hydrogens is 410 g/mol. The number of fused-ring (bicyclic) bond motifs is 3. The van der Waals surface area contributed by atoms with Crippen LogP contribution in [0.1, 0.15) is 40.8 Å². The maximum atomic E-state index is 13.2. The van der Waals surface area contributed by atoms with Gasteiger partial charge in [-0.1, -0.05) is 17.7 Å². The molecule has 4 rings (SSSR count). The van der Waals surface area contributed by atoms with E-state index in [1.807, 2.05) is 39.0 Å². The van der Waals surface area contributed by atoms with Crippen LogP contribution < -0.4 is 5.32 Å². The van der Waals surface area contributed by atoms with Crippen molar-refractivity contribution in [2.24, 2.45) is 0 Å². The molecule has 0 spiro atoms. The lowest BCUT2D eigenvalue weighted by molar-refractivity contribution is -0.116. The number of hydrogen-bond acceptors (Lipinski definition) is 3. The van der Waals surface area contributed by atoms with E-state index in [2.05, 4.69) is 10.3 Å². The molecule has 0 radical (unpaired) electrons. The summed E-state index contributed by atoms with van der Waals surface area (Å²) >= 11 is 0. The first kappa shape index (κ1) is 21.6. The van der Waals surface area contributed by atoms with Gasteiger partial charge in [0.1, 0.15) is 0 Å². The molecule has 1 amide bonds. The van der Waals surface area contributed by atoms with Crippen LogP contribution in [0, 0.1) is 20.8 Å². The van der Waals surface area contributed by atoms with Crippen LogP contribution in [0.2, 0.25) is 0 Å². The van der Waals surface area contributed by atoms with Crippen LogP contribution in [-0.2, 0) is 27.7 Å². The van der Waals surface area contributed by atoms with Gasteiger partial charge in [-0.05, 0) is 81.3 Å². The van der Waals surface area contributed by atoms with Crippen LogP contribution in [0.15, 0.2) is 35.2 Å². The molecular formula is C24H29N3O3S. The number of carbonyl (C=O) groups excluding carboxylic acids is 1. The van der Waals surface area contributed by atoms with E-state index >= 15 is 0 Å². The highest BCUT2D eigenvalue weighted by molar-refractivity contribution is 7.89. The Hall–Kier alpha value is -2.64. The van der Waals surface area contributed by atoms with Gasteiger partial charge in [0, 0.05) is 29.3 Å². The molecule has 1 aliphatic carbocycles. The summed E-state index contributed by atoms with van der Waals surface area (Å²) in [5.41, 5.74) is 7.18. The normalized spacial score (nSPS) is 14.1. The zero-order valence-corrected chi connectivity index (χ0v) is 19.3. The number of hydrogen-bond donors (Lipinski definition) is 2. The van der Waals surface area contributed by atoms with Crippen molar-refractivity contribution in [2.45, 2.75) is 51.3 Å². The Morgan fingerprint density at radius 2 is 1.74 bits per heavy atom. The molecule has 2 aromatic carbocycles. The van der Waals surface area contributed by atoms with Crippen molar-refractivity contribution in [3.63, 3.8) is 0 Å². The Balaban J connectivity index is 1.55. The van der Waals surface area contributed by atoms with Crippen LogP contribution in [-0.4, -0.2) is 37.2 Å². The fourth-order valence-corrected chi connectivity index (χ4v) is 5.72. The van der Waals surface area contributed by atoms with E-state index in [1.54, 1.807) is 12.1 Å². The molecule has 1 heterocycles. The van der Waals surface area contributed by atoms with Crippen molar-refractivity contribution in [2.75, 3.05) is 18.9 Å². The molecule has 164 valence electrons. The van der Waals surface area contributed by atoms with Crippen molar-refractivity contribution in [3.05, 3.63) is 58.3 Å². The quantitative estimate of drug-likeness (QED) is 0.624. The summed E-state index contributed by atoms with van der Waals surface area (Å²) in [6.45, 7) is 5.62. The van der Waals surface area contributed by atoms with E-state index in [1.165, 1.54) is 18.3 Å². The molecule has 1 aromatic heterocycles. The number of anilines is 1. The van der Waals surface area contributed by atoms with Crippen molar-refractivity contribution in [3.8, 4) is 0 Å². The molecule has 7 heteroatoms. The van der Waals surface area contributed by atoms with Gasteiger partial charge in [-0.3, -0.25) is 4.79 Å². The molecule has 0 saturated heterocycles. The van der Waals surface area contributed by atoms with E-state index in [0.29, 0.717) is 0 Å². The first-order chi connectivity index (χ1) is 14.7. The number of aromatic amines is 1. The average Bonchev–Trinajstić information content (AvgIpc) is 3.08. The highest BCUT2D eigenvalue weighted by atomic mass is 32.2. The average molecular weight is 440 g/mol. The molecule has 0 unspecified atom stereocenters. The number of likely N-dealkylation sites (N-methyl/N-ethyl adjacent to an activating group) is 1. The Morgan fingerprint density at radius 3 is 2.45 bits per heavy atom. The van der Waals surface area contributed by atoms with E-state index in [0.717, 1.165) is 63.3 Å². The van der Waals surface area contributed by atoms with Gasteiger partial charge in [-0.25, -0.2) is 8.42 Å². The molecule has 0 atom stereocenters. The molecule has 0 fully saturated rings. The van der Waals surface area contributed by atoms with Crippen LogP contribution in [0.4, 0.5) is 5.69 Å². The SMILES string of the molecule is Cc1cc(C)c(NC(=O)CN(C)S(=O)(=O)c2ccc3[nH]c4c(c3c2)CCCC4)c(C)c1. The second kappa shape index (κ2) is 8.13. The molecule has 3 aromatic rings. The zero-order chi connectivity index (χ0) is 22.3. The summed E-state index contributed by atoms with van der Waals surface area (Å²) in [7, 11) is -2.35. The van der Waals surface area contributed by atoms with E-state index in [-0.39, 0.29) is 17.3 Å². The molecule has 6 nitrogen and oxygen atoms in total. The number of nitrogens with one attached hydrogen (secondary N) is 2. The summed E-state index contributed by atoms with van der Waals surface area (Å²) in [6, 6.07) is 9.18. The standard InChI is InChI=1S/C24H29N3O3S/c1-15-11-16(2)24(17(3)12-15)26-23(28)14-27(4)31(29,30)18-9-10-22-20(13-18)19-7-5-6-8-21(19)25-22/h9-13,25H,5-8,14H2,1-4H3,(H,26,28). The van der Waals surface area contributed by atoms with Gasteiger partial charge in [0.05, 0.1) is 11.4 Å². The number of H-pyrrole nitrogens is 1. The summed E-state index contributed by atoms with van der Waals surface area (Å²) in [4.78, 5) is 16.3. The van der Waals surface area contributed by atoms with Gasteiger partial charge in [0.25, 0.3) is 0 Å². The van der Waals surface area contributed by atoms with Crippen LogP contribution in [0.25, 0.3) is 10.9 Å². The maximum Gasteiger partial charge on any atom is 0.243 e. The molecule has 0 bridgehead atoms. The van der Waals surface area contributed by atoms with Crippen LogP contribution in [0.5, 0.6) is 0 Å².